The van der Waals surface area contributed by atoms with Crippen LogP contribution in [0.2, 0.25) is 0 Å². The Kier molecular flexibility index (Phi) is 5.59. The molecule has 7 heteroatoms. The summed E-state index contributed by atoms with van der Waals surface area (Å²) in [5.74, 6) is 6.20. The van der Waals surface area contributed by atoms with Crippen molar-refractivity contribution in [3.63, 3.8) is 0 Å². The molecule has 134 valence electrons. The quantitative estimate of drug-likeness (QED) is 0.318. The molecule has 2 heterocycles. The van der Waals surface area contributed by atoms with Crippen molar-refractivity contribution in [3.05, 3.63) is 70.5 Å². The number of thiazole rings is 1. The summed E-state index contributed by atoms with van der Waals surface area (Å²) < 4.78 is 0. The van der Waals surface area contributed by atoms with Crippen molar-refractivity contribution < 1.29 is 0 Å². The van der Waals surface area contributed by atoms with Gasteiger partial charge in [-0.15, -0.1) is 16.4 Å². The number of hydrogen-bond acceptors (Lipinski definition) is 5. The zero-order valence-corrected chi connectivity index (χ0v) is 15.8. The minimum atomic E-state index is -0.0693. The maximum Gasteiger partial charge on any atom is 0.211 e. The van der Waals surface area contributed by atoms with E-state index in [-0.39, 0.29) is 5.96 Å². The van der Waals surface area contributed by atoms with Gasteiger partial charge in [0, 0.05) is 29.1 Å². The van der Waals surface area contributed by atoms with Crippen molar-refractivity contribution in [2.75, 3.05) is 0 Å². The van der Waals surface area contributed by atoms with E-state index < -0.39 is 0 Å². The van der Waals surface area contributed by atoms with Gasteiger partial charge in [0.25, 0.3) is 0 Å². The first-order valence-electron chi connectivity index (χ1n) is 8.16. The molecule has 27 heavy (non-hydrogen) atoms. The molecular weight excluding hydrogens is 356 g/mol. The highest BCUT2D eigenvalue weighted by Gasteiger charge is 2.12. The minimum Gasteiger partial charge on any atom is -0.369 e. The van der Waals surface area contributed by atoms with E-state index in [9.17, 15) is 0 Å². The Bertz CT molecular complexity index is 1050. The molecule has 0 bridgehead atoms. The fraction of sp³-hybridized carbons (Fsp3) is 0.100. The van der Waals surface area contributed by atoms with Gasteiger partial charge in [0.1, 0.15) is 5.01 Å². The summed E-state index contributed by atoms with van der Waals surface area (Å²) in [5.41, 5.74) is 15.2. The van der Waals surface area contributed by atoms with Gasteiger partial charge in [-0.1, -0.05) is 24.0 Å². The summed E-state index contributed by atoms with van der Waals surface area (Å²) in [6.07, 6.45) is 3.46. The van der Waals surface area contributed by atoms with Crippen LogP contribution in [-0.2, 0) is 0 Å². The average molecular weight is 374 g/mol. The van der Waals surface area contributed by atoms with Crippen molar-refractivity contribution in [2.45, 2.75) is 13.8 Å². The van der Waals surface area contributed by atoms with E-state index in [0.29, 0.717) is 0 Å². The second-order valence-corrected chi connectivity index (χ2v) is 6.71. The van der Waals surface area contributed by atoms with Crippen LogP contribution in [0.25, 0.3) is 10.6 Å². The van der Waals surface area contributed by atoms with E-state index in [2.05, 4.69) is 32.0 Å². The van der Waals surface area contributed by atoms with Crippen molar-refractivity contribution in [1.82, 2.24) is 9.97 Å². The summed E-state index contributed by atoms with van der Waals surface area (Å²) >= 11 is 1.55. The zero-order chi connectivity index (χ0) is 19.2. The zero-order valence-electron chi connectivity index (χ0n) is 15.0. The number of aromatic nitrogens is 2. The molecule has 6 nitrogen and oxygen atoms in total. The molecular formula is C20H18N6S. The SMILES string of the molecule is C/C(=N\N=C(N)N)c1sc(-c2ccc(C#Cc3ccncc3)cc2)nc1C. The molecule has 0 aliphatic carbocycles. The molecule has 2 aromatic heterocycles. The highest BCUT2D eigenvalue weighted by atomic mass is 32.1. The summed E-state index contributed by atoms with van der Waals surface area (Å²) in [4.78, 5) is 9.58. The van der Waals surface area contributed by atoms with E-state index in [0.717, 1.165) is 38.0 Å². The lowest BCUT2D eigenvalue weighted by molar-refractivity contribution is 1.19. The number of benzene rings is 1. The number of aryl methyl sites for hydroxylation is 1. The van der Waals surface area contributed by atoms with Gasteiger partial charge < -0.3 is 11.5 Å². The van der Waals surface area contributed by atoms with Crippen LogP contribution < -0.4 is 11.5 Å². The lowest BCUT2D eigenvalue weighted by Crippen LogP contribution is -2.22. The van der Waals surface area contributed by atoms with Crippen molar-refractivity contribution >= 4 is 23.0 Å². The van der Waals surface area contributed by atoms with E-state index >= 15 is 0 Å². The van der Waals surface area contributed by atoms with Gasteiger partial charge in [-0.25, -0.2) is 4.98 Å². The summed E-state index contributed by atoms with van der Waals surface area (Å²) in [6.45, 7) is 3.80. The van der Waals surface area contributed by atoms with E-state index in [1.807, 2.05) is 50.2 Å². The normalized spacial score (nSPS) is 10.8. The van der Waals surface area contributed by atoms with E-state index in [1.165, 1.54) is 0 Å². The number of rotatable bonds is 3. The van der Waals surface area contributed by atoms with Crippen LogP contribution in [0.3, 0.4) is 0 Å². The summed E-state index contributed by atoms with van der Waals surface area (Å²) in [5, 5.41) is 8.64. The molecule has 0 radical (unpaired) electrons. The molecule has 0 amide bonds. The predicted octanol–water partition coefficient (Wildman–Crippen LogP) is 2.91. The van der Waals surface area contributed by atoms with Crippen molar-refractivity contribution in [2.24, 2.45) is 21.7 Å². The van der Waals surface area contributed by atoms with Crippen molar-refractivity contribution in [1.29, 1.82) is 0 Å². The Morgan fingerprint density at radius 1 is 0.963 bits per heavy atom. The molecule has 0 saturated carbocycles. The number of nitrogens with zero attached hydrogens (tertiary/aromatic N) is 4. The number of hydrogen-bond donors (Lipinski definition) is 2. The van der Waals surface area contributed by atoms with Crippen LogP contribution in [0.15, 0.2) is 59.0 Å². The maximum atomic E-state index is 5.32. The molecule has 0 atom stereocenters. The minimum absolute atomic E-state index is 0.0693. The monoisotopic (exact) mass is 374 g/mol. The van der Waals surface area contributed by atoms with Crippen LogP contribution in [0.4, 0.5) is 0 Å². The third-order valence-corrected chi connectivity index (χ3v) is 4.92. The summed E-state index contributed by atoms with van der Waals surface area (Å²) in [6, 6.07) is 11.8. The van der Waals surface area contributed by atoms with E-state index in [4.69, 9.17) is 11.5 Å². The second kappa shape index (κ2) is 8.25. The molecule has 4 N–H and O–H groups in total. The van der Waals surface area contributed by atoms with Gasteiger partial charge in [0.15, 0.2) is 0 Å². The summed E-state index contributed by atoms with van der Waals surface area (Å²) in [7, 11) is 0. The molecule has 3 rings (SSSR count). The Balaban J connectivity index is 1.82. The molecule has 0 unspecified atom stereocenters. The van der Waals surface area contributed by atoms with Crippen LogP contribution in [0.1, 0.15) is 28.6 Å². The highest BCUT2D eigenvalue weighted by Crippen LogP contribution is 2.28. The van der Waals surface area contributed by atoms with Crippen molar-refractivity contribution in [3.8, 4) is 22.4 Å². The van der Waals surface area contributed by atoms with Gasteiger partial charge in [-0.2, -0.15) is 5.10 Å². The maximum absolute atomic E-state index is 5.32. The fourth-order valence-corrected chi connectivity index (χ4v) is 3.32. The lowest BCUT2D eigenvalue weighted by atomic mass is 10.1. The second-order valence-electron chi connectivity index (χ2n) is 5.71. The molecule has 0 aliphatic heterocycles. The Hall–Kier alpha value is -3.50. The van der Waals surface area contributed by atoms with Crippen LogP contribution in [0, 0.1) is 18.8 Å². The number of pyridine rings is 1. The third-order valence-electron chi connectivity index (χ3n) is 3.60. The number of nitrogens with two attached hydrogens (primary N) is 2. The molecule has 0 spiro atoms. The topological polar surface area (TPSA) is 103 Å². The largest absolute Gasteiger partial charge is 0.369 e. The van der Waals surface area contributed by atoms with Crippen LogP contribution >= 0.6 is 11.3 Å². The smallest absolute Gasteiger partial charge is 0.211 e. The molecule has 0 fully saturated rings. The van der Waals surface area contributed by atoms with Gasteiger partial charge in [0.05, 0.1) is 16.3 Å². The Labute approximate surface area is 161 Å². The van der Waals surface area contributed by atoms with E-state index in [1.54, 1.807) is 23.7 Å². The van der Waals surface area contributed by atoms with Gasteiger partial charge in [-0.3, -0.25) is 4.98 Å². The standard InChI is InChI=1S/C20H18N6S/c1-13-18(14(2)25-26-20(21)22)27-19(24-13)17-7-5-15(6-8-17)3-4-16-9-11-23-12-10-16/h5-12H,1-2H3,(H4,21,22,26)/b25-14+. The Morgan fingerprint density at radius 3 is 2.22 bits per heavy atom. The first-order valence-corrected chi connectivity index (χ1v) is 8.98. The van der Waals surface area contributed by atoms with Crippen LogP contribution in [0.5, 0.6) is 0 Å². The number of guanidine groups is 1. The first-order chi connectivity index (χ1) is 13.0. The fourth-order valence-electron chi connectivity index (χ4n) is 2.31. The van der Waals surface area contributed by atoms with Gasteiger partial charge in [-0.05, 0) is 38.1 Å². The Morgan fingerprint density at radius 2 is 1.59 bits per heavy atom. The van der Waals surface area contributed by atoms with Gasteiger partial charge in [0.2, 0.25) is 5.96 Å². The first kappa shape index (κ1) is 18.3. The highest BCUT2D eigenvalue weighted by molar-refractivity contribution is 7.17. The molecule has 0 aliphatic rings. The molecule has 3 aromatic rings. The lowest BCUT2D eigenvalue weighted by Gasteiger charge is -1.96. The van der Waals surface area contributed by atoms with Crippen LogP contribution in [-0.4, -0.2) is 21.6 Å². The molecule has 1 aromatic carbocycles. The molecule has 0 saturated heterocycles. The predicted molar refractivity (Wildman–Crippen MR) is 111 cm³/mol. The average Bonchev–Trinajstić information content (AvgIpc) is 3.07. The van der Waals surface area contributed by atoms with Gasteiger partial charge >= 0.3 is 0 Å². The third kappa shape index (κ3) is 4.77.